The number of likely N-dealkylation sites (tertiary alicyclic amines) is 1. The number of piperazine rings is 1. The molecule has 1 N–H and O–H groups in total. The summed E-state index contributed by atoms with van der Waals surface area (Å²) in [4.78, 5) is 28.1. The van der Waals surface area contributed by atoms with Crippen LogP contribution in [0.3, 0.4) is 0 Å². The molecule has 2 aromatic carbocycles. The van der Waals surface area contributed by atoms with Crippen LogP contribution in [-0.4, -0.2) is 82.7 Å². The monoisotopic (exact) mass is 584 g/mol. The SMILES string of the molecule is C=C(F)C(=O)N1CCN(c2nc(OCC3CCCN3C)nc3c2CCC(c2cc(O)cc4ccccc24)C3)CC1CC#N. The van der Waals surface area contributed by atoms with Crippen molar-refractivity contribution in [2.24, 2.45) is 0 Å². The van der Waals surface area contributed by atoms with Crippen LogP contribution >= 0.6 is 0 Å². The van der Waals surface area contributed by atoms with Gasteiger partial charge >= 0.3 is 6.01 Å². The molecule has 1 aliphatic carbocycles. The number of nitriles is 1. The van der Waals surface area contributed by atoms with Crippen molar-refractivity contribution in [1.82, 2.24) is 19.8 Å². The van der Waals surface area contributed by atoms with Crippen molar-refractivity contribution in [2.75, 3.05) is 44.7 Å². The van der Waals surface area contributed by atoms with Gasteiger partial charge in [-0.15, -0.1) is 0 Å². The predicted molar refractivity (Wildman–Crippen MR) is 162 cm³/mol. The number of carbonyl (C=O) groups excluding carboxylic acids is 1. The van der Waals surface area contributed by atoms with Crippen LogP contribution in [0.25, 0.3) is 10.8 Å². The third kappa shape index (κ3) is 5.87. The van der Waals surface area contributed by atoms with Crippen LogP contribution in [0.2, 0.25) is 0 Å². The number of amides is 1. The minimum atomic E-state index is -1.02. The highest BCUT2D eigenvalue weighted by Crippen LogP contribution is 2.40. The Kier molecular flexibility index (Phi) is 8.17. The maximum absolute atomic E-state index is 13.8. The Morgan fingerprint density at radius 2 is 2.02 bits per heavy atom. The van der Waals surface area contributed by atoms with E-state index >= 15 is 0 Å². The van der Waals surface area contributed by atoms with E-state index in [4.69, 9.17) is 14.7 Å². The summed E-state index contributed by atoms with van der Waals surface area (Å²) in [6.45, 7) is 5.76. The fourth-order valence-corrected chi connectivity index (χ4v) is 6.94. The molecule has 3 aliphatic rings. The van der Waals surface area contributed by atoms with Gasteiger partial charge in [0.1, 0.15) is 18.2 Å². The van der Waals surface area contributed by atoms with Crippen LogP contribution in [-0.2, 0) is 17.6 Å². The van der Waals surface area contributed by atoms with Gasteiger partial charge in [-0.2, -0.15) is 15.2 Å². The van der Waals surface area contributed by atoms with E-state index in [2.05, 4.69) is 35.6 Å². The topological polar surface area (TPSA) is 106 Å². The average molecular weight is 585 g/mol. The Balaban J connectivity index is 1.34. The van der Waals surface area contributed by atoms with Gasteiger partial charge in [0.25, 0.3) is 5.91 Å². The second-order valence-corrected chi connectivity index (χ2v) is 11.9. The summed E-state index contributed by atoms with van der Waals surface area (Å²) >= 11 is 0. The summed E-state index contributed by atoms with van der Waals surface area (Å²) in [6.07, 6.45) is 4.52. The molecule has 10 heteroatoms. The van der Waals surface area contributed by atoms with Gasteiger partial charge in [-0.25, -0.2) is 4.39 Å². The molecule has 0 radical (unpaired) electrons. The number of anilines is 1. The molecule has 3 aromatic rings. The van der Waals surface area contributed by atoms with Gasteiger partial charge in [0, 0.05) is 31.2 Å². The number of rotatable bonds is 7. The van der Waals surface area contributed by atoms with Gasteiger partial charge in [0.05, 0.1) is 24.2 Å². The van der Waals surface area contributed by atoms with Gasteiger partial charge in [0.2, 0.25) is 0 Å². The van der Waals surface area contributed by atoms with Crippen molar-refractivity contribution < 1.29 is 19.0 Å². The molecule has 6 rings (SSSR count). The lowest BCUT2D eigenvalue weighted by Crippen LogP contribution is -2.55. The van der Waals surface area contributed by atoms with Crippen LogP contribution in [0.1, 0.15) is 48.4 Å². The fourth-order valence-electron chi connectivity index (χ4n) is 6.94. The standard InChI is InChI=1S/C33H37FN6O3/c1-21(34)32(42)40-15-14-39(19-24(40)11-12-35)31-28-10-9-23(29-18-26(41)16-22-6-3-4-8-27(22)29)17-30(28)36-33(37-31)43-20-25-7-5-13-38(25)2/h3-4,6,8,16,18,23-25,41H,1,5,7,9-11,13-15,17,19-20H2,2H3. The molecule has 9 nitrogen and oxygen atoms in total. The van der Waals surface area contributed by atoms with E-state index in [1.807, 2.05) is 24.3 Å². The first-order valence-corrected chi connectivity index (χ1v) is 15.0. The number of aromatic hydroxyl groups is 1. The van der Waals surface area contributed by atoms with E-state index in [-0.39, 0.29) is 24.6 Å². The van der Waals surface area contributed by atoms with E-state index in [9.17, 15) is 19.6 Å². The number of carbonyl (C=O) groups is 1. The Morgan fingerprint density at radius 1 is 1.19 bits per heavy atom. The van der Waals surface area contributed by atoms with Crippen LogP contribution in [0.15, 0.2) is 48.8 Å². The van der Waals surface area contributed by atoms with E-state index < -0.39 is 17.8 Å². The second-order valence-electron chi connectivity index (χ2n) is 11.9. The van der Waals surface area contributed by atoms with Crippen molar-refractivity contribution in [3.63, 3.8) is 0 Å². The molecule has 224 valence electrons. The van der Waals surface area contributed by atoms with Crippen LogP contribution in [0.5, 0.6) is 11.8 Å². The fraction of sp³-hybridized carbons (Fsp3) is 0.455. The second kappa shape index (κ2) is 12.2. The number of phenolic OH excluding ortho intramolecular Hbond substituents is 1. The highest BCUT2D eigenvalue weighted by atomic mass is 19.1. The Bertz CT molecular complexity index is 1590. The average Bonchev–Trinajstić information content (AvgIpc) is 3.42. The largest absolute Gasteiger partial charge is 0.508 e. The number of fused-ring (bicyclic) bond motifs is 2. The van der Waals surface area contributed by atoms with Crippen LogP contribution < -0.4 is 9.64 Å². The normalized spacial score (nSPS) is 22.3. The molecule has 3 unspecified atom stereocenters. The maximum atomic E-state index is 13.8. The van der Waals surface area contributed by atoms with E-state index in [0.717, 1.165) is 65.6 Å². The zero-order chi connectivity index (χ0) is 30.1. The molecule has 2 aliphatic heterocycles. The highest BCUT2D eigenvalue weighted by Gasteiger charge is 2.35. The molecular formula is C33H37FN6O3. The third-order valence-corrected chi connectivity index (χ3v) is 9.23. The van der Waals surface area contributed by atoms with Gasteiger partial charge < -0.3 is 24.5 Å². The van der Waals surface area contributed by atoms with Gasteiger partial charge in [0.15, 0.2) is 5.83 Å². The number of ether oxygens (including phenoxy) is 1. The molecule has 0 bridgehead atoms. The van der Waals surface area contributed by atoms with Crippen molar-refractivity contribution in [3.8, 4) is 17.8 Å². The number of hydrogen-bond acceptors (Lipinski definition) is 8. The Labute approximate surface area is 251 Å². The molecule has 3 heterocycles. The van der Waals surface area contributed by atoms with Crippen LogP contribution in [0.4, 0.5) is 10.2 Å². The summed E-state index contributed by atoms with van der Waals surface area (Å²) in [5.41, 5.74) is 3.05. The number of nitrogens with zero attached hydrogens (tertiary/aromatic N) is 6. The Hall–Kier alpha value is -4.23. The van der Waals surface area contributed by atoms with Gasteiger partial charge in [-0.1, -0.05) is 30.8 Å². The smallest absolute Gasteiger partial charge is 0.318 e. The number of hydrogen-bond donors (Lipinski definition) is 1. The number of phenols is 1. The number of halogens is 1. The van der Waals surface area contributed by atoms with Crippen molar-refractivity contribution in [1.29, 1.82) is 5.26 Å². The Morgan fingerprint density at radius 3 is 2.79 bits per heavy atom. The van der Waals surface area contributed by atoms with Crippen molar-refractivity contribution in [3.05, 3.63) is 65.6 Å². The quantitative estimate of drug-likeness (QED) is 0.405. The molecule has 43 heavy (non-hydrogen) atoms. The summed E-state index contributed by atoms with van der Waals surface area (Å²) in [6, 6.07) is 14.1. The molecule has 1 aromatic heterocycles. The summed E-state index contributed by atoms with van der Waals surface area (Å²) in [5.74, 6) is -0.630. The predicted octanol–water partition coefficient (Wildman–Crippen LogP) is 4.49. The summed E-state index contributed by atoms with van der Waals surface area (Å²) in [5, 5.41) is 22.1. The maximum Gasteiger partial charge on any atom is 0.318 e. The lowest BCUT2D eigenvalue weighted by Gasteiger charge is -2.42. The zero-order valence-electron chi connectivity index (χ0n) is 24.5. The highest BCUT2D eigenvalue weighted by molar-refractivity contribution is 5.91. The summed E-state index contributed by atoms with van der Waals surface area (Å²) < 4.78 is 20.0. The number of benzene rings is 2. The summed E-state index contributed by atoms with van der Waals surface area (Å²) in [7, 11) is 2.10. The zero-order valence-corrected chi connectivity index (χ0v) is 24.5. The number of likely N-dealkylation sites (N-methyl/N-ethyl adjacent to an activating group) is 1. The molecule has 0 spiro atoms. The minimum Gasteiger partial charge on any atom is -0.508 e. The third-order valence-electron chi connectivity index (χ3n) is 9.23. The molecule has 1 amide bonds. The molecule has 2 fully saturated rings. The molecular weight excluding hydrogens is 547 g/mol. The number of aromatic nitrogens is 2. The first kappa shape index (κ1) is 28.9. The van der Waals surface area contributed by atoms with Crippen LogP contribution in [0, 0.1) is 11.3 Å². The van der Waals surface area contributed by atoms with Crippen molar-refractivity contribution in [2.45, 2.75) is 56.5 Å². The first-order chi connectivity index (χ1) is 20.8. The van der Waals surface area contributed by atoms with Gasteiger partial charge in [-0.3, -0.25) is 4.79 Å². The van der Waals surface area contributed by atoms with E-state index in [0.29, 0.717) is 38.2 Å². The lowest BCUT2D eigenvalue weighted by molar-refractivity contribution is -0.131. The van der Waals surface area contributed by atoms with E-state index in [1.54, 1.807) is 6.07 Å². The van der Waals surface area contributed by atoms with E-state index in [1.165, 1.54) is 4.90 Å². The van der Waals surface area contributed by atoms with Crippen molar-refractivity contribution >= 4 is 22.5 Å². The van der Waals surface area contributed by atoms with Gasteiger partial charge in [-0.05, 0) is 80.1 Å². The molecule has 3 atom stereocenters. The molecule has 0 saturated carbocycles. The molecule has 2 saturated heterocycles. The lowest BCUT2D eigenvalue weighted by atomic mass is 9.80. The first-order valence-electron chi connectivity index (χ1n) is 15.0. The minimum absolute atomic E-state index is 0.0762.